The molecule has 0 bridgehead atoms. The summed E-state index contributed by atoms with van der Waals surface area (Å²) in [5.74, 6) is -0.275. The largest absolute Gasteiger partial charge is 0.545 e. The Balaban J connectivity index is 1.72. The number of rotatable bonds is 9. The fraction of sp³-hybridized carbons (Fsp3) is 0.130. The predicted molar refractivity (Wildman–Crippen MR) is 120 cm³/mol. The molecular weight excluding hydrogens is 441 g/mol. The van der Waals surface area contributed by atoms with E-state index in [0.29, 0.717) is 33.8 Å². The summed E-state index contributed by atoms with van der Waals surface area (Å²) in [4.78, 5) is 16.2. The highest BCUT2D eigenvalue weighted by Crippen LogP contribution is 2.35. The van der Waals surface area contributed by atoms with Crippen molar-refractivity contribution in [2.45, 2.75) is 17.1 Å². The molecule has 0 atom stereocenters. The molecule has 30 heavy (non-hydrogen) atoms. The van der Waals surface area contributed by atoms with Crippen LogP contribution in [0.15, 0.2) is 71.6 Å². The number of aromatic nitrogens is 1. The molecule has 3 aromatic rings. The van der Waals surface area contributed by atoms with Gasteiger partial charge in [-0.25, -0.2) is 4.98 Å². The number of aliphatic carboxylic acids is 1. The van der Waals surface area contributed by atoms with Crippen LogP contribution in [0.1, 0.15) is 17.0 Å². The van der Waals surface area contributed by atoms with Gasteiger partial charge >= 0.3 is 0 Å². The number of halogens is 2. The molecular formula is C23H18Cl2NO3S-. The first kappa shape index (κ1) is 22.2. The molecule has 0 saturated heterocycles. The number of carbonyl (C=O) groups is 1. The second-order valence-electron chi connectivity index (χ2n) is 6.26. The minimum atomic E-state index is -1.30. The third-order valence-corrected chi connectivity index (χ3v) is 6.12. The molecule has 0 fully saturated rings. The number of carbonyl (C=O) groups excluding carboxylic acids is 1. The summed E-state index contributed by atoms with van der Waals surface area (Å²) in [6, 6.07) is 18.9. The summed E-state index contributed by atoms with van der Waals surface area (Å²) >= 11 is 13.9. The summed E-state index contributed by atoms with van der Waals surface area (Å²) in [5, 5.41) is 12.0. The molecule has 0 amide bonds. The molecule has 0 N–H and O–H groups in total. The van der Waals surface area contributed by atoms with Gasteiger partial charge in [0, 0.05) is 17.1 Å². The summed E-state index contributed by atoms with van der Waals surface area (Å²) < 4.78 is 5.85. The zero-order valence-electron chi connectivity index (χ0n) is 15.9. The highest BCUT2D eigenvalue weighted by atomic mass is 35.5. The van der Waals surface area contributed by atoms with E-state index >= 15 is 0 Å². The second-order valence-corrected chi connectivity index (χ2v) is 8.06. The highest BCUT2D eigenvalue weighted by molar-refractivity contribution is 7.98. The minimum Gasteiger partial charge on any atom is -0.545 e. The maximum Gasteiger partial charge on any atom is 0.144 e. The molecule has 0 aliphatic heterocycles. The van der Waals surface area contributed by atoms with Crippen LogP contribution >= 0.6 is 35.0 Å². The lowest BCUT2D eigenvalue weighted by atomic mass is 10.2. The van der Waals surface area contributed by atoms with Gasteiger partial charge in [-0.15, -0.1) is 11.8 Å². The normalized spacial score (nSPS) is 11.0. The smallest absolute Gasteiger partial charge is 0.144 e. The number of benzene rings is 2. The zero-order chi connectivity index (χ0) is 21.3. The molecule has 0 aliphatic carbocycles. The van der Waals surface area contributed by atoms with Crippen LogP contribution in [-0.4, -0.2) is 17.6 Å². The summed E-state index contributed by atoms with van der Waals surface area (Å²) in [5.41, 5.74) is 2.32. The Morgan fingerprint density at radius 3 is 2.47 bits per heavy atom. The van der Waals surface area contributed by atoms with Crippen molar-refractivity contribution in [3.8, 4) is 5.75 Å². The fourth-order valence-electron chi connectivity index (χ4n) is 2.66. The van der Waals surface area contributed by atoms with Crippen LogP contribution in [0.3, 0.4) is 0 Å². The van der Waals surface area contributed by atoms with E-state index in [2.05, 4.69) is 4.98 Å². The lowest BCUT2D eigenvalue weighted by Crippen LogP contribution is -2.18. The minimum absolute atomic E-state index is 0.426. The average molecular weight is 459 g/mol. The molecule has 2 aromatic carbocycles. The van der Waals surface area contributed by atoms with Gasteiger partial charge in [0.15, 0.2) is 0 Å². The van der Waals surface area contributed by atoms with Crippen LogP contribution in [0.25, 0.3) is 6.08 Å². The third kappa shape index (κ3) is 6.52. The van der Waals surface area contributed by atoms with Gasteiger partial charge in [0.2, 0.25) is 0 Å². The van der Waals surface area contributed by atoms with Crippen LogP contribution in [0.4, 0.5) is 0 Å². The number of hydrogen-bond acceptors (Lipinski definition) is 5. The molecule has 0 spiro atoms. The zero-order valence-corrected chi connectivity index (χ0v) is 18.2. The monoisotopic (exact) mass is 458 g/mol. The average Bonchev–Trinajstić information content (AvgIpc) is 2.73. The van der Waals surface area contributed by atoms with Crippen molar-refractivity contribution in [2.24, 2.45) is 0 Å². The lowest BCUT2D eigenvalue weighted by molar-refractivity contribution is -0.297. The van der Waals surface area contributed by atoms with Gasteiger partial charge in [-0.3, -0.25) is 0 Å². The Morgan fingerprint density at radius 2 is 1.77 bits per heavy atom. The molecule has 3 rings (SSSR count). The molecule has 0 unspecified atom stereocenters. The maximum absolute atomic E-state index is 10.9. The highest BCUT2D eigenvalue weighted by Gasteiger charge is 2.09. The summed E-state index contributed by atoms with van der Waals surface area (Å²) in [7, 11) is 0. The SMILES string of the molecule is O=C([O-])/C=C/c1nc(CSc2c(Cl)cccc2Cl)ccc1OCCc1ccccc1. The van der Waals surface area contributed by atoms with Gasteiger partial charge in [0.25, 0.3) is 0 Å². The van der Waals surface area contributed by atoms with Gasteiger partial charge in [-0.2, -0.15) is 0 Å². The van der Waals surface area contributed by atoms with E-state index in [1.54, 1.807) is 24.3 Å². The van der Waals surface area contributed by atoms with Gasteiger partial charge in [0.05, 0.1) is 28.3 Å². The first-order chi connectivity index (χ1) is 14.5. The van der Waals surface area contributed by atoms with Crippen LogP contribution in [0.5, 0.6) is 5.75 Å². The Labute approximate surface area is 189 Å². The number of carboxylic acids is 1. The summed E-state index contributed by atoms with van der Waals surface area (Å²) in [6.07, 6.45) is 3.05. The van der Waals surface area contributed by atoms with Crippen LogP contribution in [0, 0.1) is 0 Å². The van der Waals surface area contributed by atoms with Gasteiger partial charge in [-0.1, -0.05) is 59.6 Å². The van der Waals surface area contributed by atoms with Crippen LogP contribution in [0.2, 0.25) is 10.0 Å². The lowest BCUT2D eigenvalue weighted by Gasteiger charge is -2.11. The molecule has 4 nitrogen and oxygen atoms in total. The van der Waals surface area contributed by atoms with Crippen LogP contribution in [-0.2, 0) is 17.0 Å². The molecule has 1 heterocycles. The van der Waals surface area contributed by atoms with E-state index < -0.39 is 5.97 Å². The van der Waals surface area contributed by atoms with Gasteiger partial charge in [-0.05, 0) is 42.0 Å². The number of thioether (sulfide) groups is 1. The molecule has 7 heteroatoms. The Kier molecular flexibility index (Phi) is 8.20. The van der Waals surface area contributed by atoms with Crippen molar-refractivity contribution < 1.29 is 14.6 Å². The number of hydrogen-bond donors (Lipinski definition) is 0. The number of nitrogens with zero attached hydrogens (tertiary/aromatic N) is 1. The molecule has 1 aromatic heterocycles. The van der Waals surface area contributed by atoms with Crippen molar-refractivity contribution in [1.82, 2.24) is 4.98 Å². The van der Waals surface area contributed by atoms with Crippen molar-refractivity contribution >= 4 is 47.0 Å². The first-order valence-corrected chi connectivity index (χ1v) is 10.9. The van der Waals surface area contributed by atoms with Crippen molar-refractivity contribution in [1.29, 1.82) is 0 Å². The van der Waals surface area contributed by atoms with E-state index in [0.717, 1.165) is 28.6 Å². The van der Waals surface area contributed by atoms with E-state index in [1.807, 2.05) is 36.4 Å². The standard InChI is InChI=1S/C23H19Cl2NO3S/c24-18-7-4-8-19(25)23(18)30-15-17-9-11-21(20(26-17)10-12-22(27)28)29-14-13-16-5-2-1-3-6-16/h1-12H,13-15H2,(H,27,28)/p-1/b12-10+. The molecule has 0 aliphatic rings. The van der Waals surface area contributed by atoms with E-state index in [-0.39, 0.29) is 0 Å². The Morgan fingerprint density at radius 1 is 1.03 bits per heavy atom. The number of carboxylic acid groups (broad SMARTS) is 1. The van der Waals surface area contributed by atoms with E-state index in [1.165, 1.54) is 17.8 Å². The predicted octanol–water partition coefficient (Wildman–Crippen LogP) is 5.07. The first-order valence-electron chi connectivity index (χ1n) is 9.15. The summed E-state index contributed by atoms with van der Waals surface area (Å²) in [6.45, 7) is 0.446. The Bertz CT molecular complexity index is 1020. The fourth-order valence-corrected chi connectivity index (χ4v) is 4.25. The molecule has 0 saturated carbocycles. The second kappa shape index (κ2) is 11.1. The maximum atomic E-state index is 10.9. The molecule has 0 radical (unpaired) electrons. The Hall–Kier alpha value is -2.47. The van der Waals surface area contributed by atoms with E-state index in [9.17, 15) is 9.90 Å². The molecule has 154 valence electrons. The third-order valence-electron chi connectivity index (χ3n) is 4.10. The topological polar surface area (TPSA) is 62.2 Å². The van der Waals surface area contributed by atoms with Crippen molar-refractivity contribution in [3.63, 3.8) is 0 Å². The van der Waals surface area contributed by atoms with Gasteiger partial charge in [0.1, 0.15) is 11.4 Å². The van der Waals surface area contributed by atoms with Crippen molar-refractivity contribution in [2.75, 3.05) is 6.61 Å². The quantitative estimate of drug-likeness (QED) is 0.331. The van der Waals surface area contributed by atoms with Crippen molar-refractivity contribution in [3.05, 3.63) is 93.7 Å². The van der Waals surface area contributed by atoms with E-state index in [4.69, 9.17) is 27.9 Å². The van der Waals surface area contributed by atoms with Gasteiger partial charge < -0.3 is 14.6 Å². The number of pyridine rings is 1. The van der Waals surface area contributed by atoms with Crippen LogP contribution < -0.4 is 9.84 Å². The number of ether oxygens (including phenoxy) is 1.